The molecule has 9 heteroatoms. The van der Waals surface area contributed by atoms with E-state index in [9.17, 15) is 13.2 Å². The summed E-state index contributed by atoms with van der Waals surface area (Å²) >= 11 is 1.69. The normalized spacial score (nSPS) is 14.9. The molecule has 1 aromatic heterocycles. The topological polar surface area (TPSA) is 82.6 Å². The molecular weight excluding hydrogens is 456 g/mol. The SMILES string of the molecule is CCc1nc(CN2CCN(C(=O)c3cccc(S(=O)(=O)Nc4ccc(C)cc4)c3)CC2)cs1. The van der Waals surface area contributed by atoms with Crippen molar-refractivity contribution in [2.24, 2.45) is 0 Å². The molecule has 7 nitrogen and oxygen atoms in total. The van der Waals surface area contributed by atoms with Crippen LogP contribution in [0.4, 0.5) is 5.69 Å². The number of nitrogens with zero attached hydrogens (tertiary/aromatic N) is 3. The summed E-state index contributed by atoms with van der Waals surface area (Å²) in [6.45, 7) is 7.55. The van der Waals surface area contributed by atoms with E-state index in [1.807, 2.05) is 19.1 Å². The van der Waals surface area contributed by atoms with Gasteiger partial charge in [-0.1, -0.05) is 30.7 Å². The minimum Gasteiger partial charge on any atom is -0.336 e. The predicted molar refractivity (Wildman–Crippen MR) is 131 cm³/mol. The zero-order chi connectivity index (χ0) is 23.4. The van der Waals surface area contributed by atoms with Gasteiger partial charge < -0.3 is 4.90 Å². The van der Waals surface area contributed by atoms with Crippen LogP contribution in [0.15, 0.2) is 58.8 Å². The van der Waals surface area contributed by atoms with Crippen LogP contribution in [0.3, 0.4) is 0 Å². The molecule has 33 heavy (non-hydrogen) atoms. The highest BCUT2D eigenvalue weighted by atomic mass is 32.2. The first-order chi connectivity index (χ1) is 15.8. The predicted octanol–water partition coefficient (Wildman–Crippen LogP) is 3.77. The molecule has 4 rings (SSSR count). The molecule has 1 fully saturated rings. The second-order valence-electron chi connectivity index (χ2n) is 8.15. The Morgan fingerprint density at radius 2 is 1.82 bits per heavy atom. The van der Waals surface area contributed by atoms with Crippen molar-refractivity contribution in [1.82, 2.24) is 14.8 Å². The molecule has 2 aromatic carbocycles. The summed E-state index contributed by atoms with van der Waals surface area (Å²) in [5.41, 5.74) is 2.99. The van der Waals surface area contributed by atoms with E-state index < -0.39 is 10.0 Å². The Morgan fingerprint density at radius 1 is 1.09 bits per heavy atom. The molecule has 1 N–H and O–H groups in total. The van der Waals surface area contributed by atoms with Crippen LogP contribution in [-0.2, 0) is 23.0 Å². The van der Waals surface area contributed by atoms with Crippen molar-refractivity contribution in [2.75, 3.05) is 30.9 Å². The fraction of sp³-hybridized carbons (Fsp3) is 0.333. The first-order valence-corrected chi connectivity index (χ1v) is 13.3. The highest BCUT2D eigenvalue weighted by Gasteiger charge is 2.24. The number of hydrogen-bond donors (Lipinski definition) is 1. The maximum absolute atomic E-state index is 13.1. The van der Waals surface area contributed by atoms with E-state index in [1.165, 1.54) is 12.1 Å². The van der Waals surface area contributed by atoms with Crippen LogP contribution in [0.2, 0.25) is 0 Å². The number of amides is 1. The molecule has 0 unspecified atom stereocenters. The van der Waals surface area contributed by atoms with E-state index in [4.69, 9.17) is 0 Å². The second-order valence-corrected chi connectivity index (χ2v) is 10.8. The lowest BCUT2D eigenvalue weighted by molar-refractivity contribution is 0.0627. The monoisotopic (exact) mass is 484 g/mol. The van der Waals surface area contributed by atoms with Crippen LogP contribution in [0, 0.1) is 6.92 Å². The van der Waals surface area contributed by atoms with E-state index in [-0.39, 0.29) is 10.8 Å². The Morgan fingerprint density at radius 3 is 2.48 bits per heavy atom. The molecule has 0 radical (unpaired) electrons. The second kappa shape index (κ2) is 10.0. The summed E-state index contributed by atoms with van der Waals surface area (Å²) in [5, 5.41) is 3.25. The highest BCUT2D eigenvalue weighted by Crippen LogP contribution is 2.19. The van der Waals surface area contributed by atoms with Gasteiger partial charge in [0.15, 0.2) is 0 Å². The number of carbonyl (C=O) groups excluding carboxylic acids is 1. The van der Waals surface area contributed by atoms with E-state index in [0.29, 0.717) is 24.3 Å². The standard InChI is InChI=1S/C24H28N4O3S2/c1-3-23-25-21(17-32-23)16-27-11-13-28(14-12-27)24(29)19-5-4-6-22(15-19)33(30,31)26-20-9-7-18(2)8-10-20/h4-10,15,17,26H,3,11-14,16H2,1-2H3. The van der Waals surface area contributed by atoms with Gasteiger partial charge in [0.05, 0.1) is 15.6 Å². The third-order valence-corrected chi connectivity index (χ3v) is 8.06. The average Bonchev–Trinajstić information content (AvgIpc) is 3.28. The lowest BCUT2D eigenvalue weighted by Crippen LogP contribution is -2.48. The van der Waals surface area contributed by atoms with Gasteiger partial charge in [-0.15, -0.1) is 11.3 Å². The number of carbonyl (C=O) groups is 1. The van der Waals surface area contributed by atoms with Gasteiger partial charge in [0.25, 0.3) is 15.9 Å². The summed E-state index contributed by atoms with van der Waals surface area (Å²) in [5.74, 6) is -0.149. The molecule has 0 bridgehead atoms. The number of piperazine rings is 1. The lowest BCUT2D eigenvalue weighted by atomic mass is 10.2. The molecule has 0 aliphatic carbocycles. The molecule has 0 saturated carbocycles. The maximum Gasteiger partial charge on any atom is 0.261 e. The fourth-order valence-electron chi connectivity index (χ4n) is 3.74. The largest absolute Gasteiger partial charge is 0.336 e. The number of sulfonamides is 1. The molecule has 3 aromatic rings. The van der Waals surface area contributed by atoms with Crippen LogP contribution in [0.25, 0.3) is 0 Å². The van der Waals surface area contributed by atoms with E-state index in [1.54, 1.807) is 40.5 Å². The molecule has 174 valence electrons. The van der Waals surface area contributed by atoms with Crippen LogP contribution < -0.4 is 4.72 Å². The zero-order valence-corrected chi connectivity index (χ0v) is 20.5. The Bertz CT molecular complexity index is 1210. The molecule has 1 amide bonds. The number of aryl methyl sites for hydroxylation is 2. The van der Waals surface area contributed by atoms with Crippen LogP contribution in [0.1, 0.15) is 33.5 Å². The summed E-state index contributed by atoms with van der Waals surface area (Å²) in [4.78, 5) is 21.8. The Labute approximate surface area is 199 Å². The minimum absolute atomic E-state index is 0.0721. The molecular formula is C24H28N4O3S2. The Kier molecular flexibility index (Phi) is 7.11. The van der Waals surface area contributed by atoms with E-state index in [0.717, 1.165) is 42.3 Å². The van der Waals surface area contributed by atoms with E-state index >= 15 is 0 Å². The number of nitrogens with one attached hydrogen (secondary N) is 1. The van der Waals surface area contributed by atoms with Gasteiger partial charge in [0.2, 0.25) is 0 Å². The summed E-state index contributed by atoms with van der Waals surface area (Å²) < 4.78 is 28.2. The average molecular weight is 485 g/mol. The van der Waals surface area contributed by atoms with Crippen molar-refractivity contribution >= 4 is 33.0 Å². The van der Waals surface area contributed by atoms with Crippen LogP contribution in [0.5, 0.6) is 0 Å². The number of anilines is 1. The minimum atomic E-state index is -3.79. The van der Waals surface area contributed by atoms with Gasteiger partial charge in [-0.2, -0.15) is 0 Å². The van der Waals surface area contributed by atoms with Crippen molar-refractivity contribution in [3.05, 3.63) is 75.7 Å². The Hall–Kier alpha value is -2.75. The number of rotatable bonds is 7. The van der Waals surface area contributed by atoms with Gasteiger partial charge in [0.1, 0.15) is 0 Å². The molecule has 1 saturated heterocycles. The molecule has 0 atom stereocenters. The van der Waals surface area contributed by atoms with Crippen molar-refractivity contribution in [2.45, 2.75) is 31.7 Å². The Balaban J connectivity index is 1.39. The smallest absolute Gasteiger partial charge is 0.261 e. The number of thiazole rings is 1. The molecule has 1 aliphatic rings. The third-order valence-electron chi connectivity index (χ3n) is 5.64. The first-order valence-electron chi connectivity index (χ1n) is 11.0. The van der Waals surface area contributed by atoms with Crippen LogP contribution in [-0.4, -0.2) is 55.3 Å². The summed E-state index contributed by atoms with van der Waals surface area (Å²) in [6, 6.07) is 13.4. The van der Waals surface area contributed by atoms with Crippen molar-refractivity contribution in [1.29, 1.82) is 0 Å². The third kappa shape index (κ3) is 5.79. The van der Waals surface area contributed by atoms with Gasteiger partial charge in [-0.05, 0) is 43.7 Å². The molecule has 2 heterocycles. The quantitative estimate of drug-likeness (QED) is 0.552. The first kappa shape index (κ1) is 23.4. The molecule has 1 aliphatic heterocycles. The summed E-state index contributed by atoms with van der Waals surface area (Å²) in [6.07, 6.45) is 0.947. The lowest BCUT2D eigenvalue weighted by Gasteiger charge is -2.34. The highest BCUT2D eigenvalue weighted by molar-refractivity contribution is 7.92. The van der Waals surface area contributed by atoms with Crippen molar-refractivity contribution in [3.63, 3.8) is 0 Å². The van der Waals surface area contributed by atoms with Crippen molar-refractivity contribution in [3.8, 4) is 0 Å². The fourth-order valence-corrected chi connectivity index (χ4v) is 5.58. The zero-order valence-electron chi connectivity index (χ0n) is 18.8. The van der Waals surface area contributed by atoms with Gasteiger partial charge in [-0.3, -0.25) is 14.4 Å². The number of hydrogen-bond acceptors (Lipinski definition) is 6. The number of benzene rings is 2. The molecule has 0 spiro atoms. The van der Waals surface area contributed by atoms with Crippen LogP contribution >= 0.6 is 11.3 Å². The van der Waals surface area contributed by atoms with E-state index in [2.05, 4.69) is 26.9 Å². The van der Waals surface area contributed by atoms with Gasteiger partial charge in [-0.25, -0.2) is 13.4 Å². The van der Waals surface area contributed by atoms with Gasteiger partial charge >= 0.3 is 0 Å². The van der Waals surface area contributed by atoms with Crippen molar-refractivity contribution < 1.29 is 13.2 Å². The van der Waals surface area contributed by atoms with Gasteiger partial charge in [0, 0.05) is 49.4 Å². The summed E-state index contributed by atoms with van der Waals surface area (Å²) in [7, 11) is -3.79. The number of aromatic nitrogens is 1. The maximum atomic E-state index is 13.1.